The first-order valence-electron chi connectivity index (χ1n) is 7.05. The van der Waals surface area contributed by atoms with Crippen molar-refractivity contribution in [2.75, 3.05) is 26.1 Å². The van der Waals surface area contributed by atoms with E-state index in [0.717, 1.165) is 0 Å². The van der Waals surface area contributed by atoms with E-state index in [1.807, 2.05) is 0 Å². The molecular formula is C13H19N5O5. The van der Waals surface area contributed by atoms with Crippen LogP contribution in [-0.4, -0.2) is 67.4 Å². The molecule has 10 heteroatoms. The van der Waals surface area contributed by atoms with Crippen LogP contribution in [0.25, 0.3) is 11.2 Å². The van der Waals surface area contributed by atoms with Crippen molar-refractivity contribution in [2.24, 2.45) is 5.41 Å². The molecule has 126 valence electrons. The number of nitrogens with two attached hydrogens (primary N) is 1. The van der Waals surface area contributed by atoms with Gasteiger partial charge in [0.2, 0.25) is 11.8 Å². The van der Waals surface area contributed by atoms with Crippen molar-refractivity contribution in [2.45, 2.75) is 25.4 Å². The summed E-state index contributed by atoms with van der Waals surface area (Å²) < 4.78 is 12.4. The highest BCUT2D eigenvalue weighted by Crippen LogP contribution is 2.46. The number of nitrogens with zero attached hydrogens (tertiary/aromatic N) is 4. The molecule has 0 spiro atoms. The second-order valence-corrected chi connectivity index (χ2v) is 5.73. The summed E-state index contributed by atoms with van der Waals surface area (Å²) >= 11 is 0. The van der Waals surface area contributed by atoms with Gasteiger partial charge in [-0.25, -0.2) is 4.98 Å². The Morgan fingerprint density at radius 2 is 2.17 bits per heavy atom. The number of aromatic nitrogens is 4. The van der Waals surface area contributed by atoms with E-state index in [2.05, 4.69) is 15.0 Å². The van der Waals surface area contributed by atoms with Crippen LogP contribution in [0.3, 0.4) is 0 Å². The molecule has 0 saturated carbocycles. The number of nitrogen functional groups attached to an aromatic ring is 1. The fourth-order valence-electron chi connectivity index (χ4n) is 2.88. The molecule has 4 atom stereocenters. The van der Waals surface area contributed by atoms with E-state index in [-0.39, 0.29) is 25.0 Å². The van der Waals surface area contributed by atoms with Crippen molar-refractivity contribution >= 4 is 17.1 Å². The zero-order valence-electron chi connectivity index (χ0n) is 12.7. The smallest absolute Gasteiger partial charge is 0.246 e. The number of hydrogen-bond donors (Lipinski definition) is 4. The largest absolute Gasteiger partial charge is 0.479 e. The second-order valence-electron chi connectivity index (χ2n) is 5.73. The molecule has 0 radical (unpaired) electrons. The van der Waals surface area contributed by atoms with Gasteiger partial charge in [-0.05, 0) is 0 Å². The van der Waals surface area contributed by atoms with Crippen molar-refractivity contribution in [3.05, 3.63) is 6.33 Å². The fraction of sp³-hybridized carbons (Fsp3) is 0.615. The zero-order valence-corrected chi connectivity index (χ0v) is 12.7. The summed E-state index contributed by atoms with van der Waals surface area (Å²) in [5.41, 5.74) is 5.37. The topological polar surface area (TPSA) is 149 Å². The van der Waals surface area contributed by atoms with Gasteiger partial charge in [0.25, 0.3) is 0 Å². The van der Waals surface area contributed by atoms with Crippen molar-refractivity contribution in [3.8, 4) is 5.88 Å². The van der Waals surface area contributed by atoms with E-state index in [4.69, 9.17) is 15.2 Å². The van der Waals surface area contributed by atoms with Gasteiger partial charge in [0.05, 0.1) is 38.2 Å². The van der Waals surface area contributed by atoms with Gasteiger partial charge in [0.15, 0.2) is 11.2 Å². The van der Waals surface area contributed by atoms with Crippen LogP contribution in [0.2, 0.25) is 0 Å². The van der Waals surface area contributed by atoms with Crippen molar-refractivity contribution < 1.29 is 24.8 Å². The highest BCUT2D eigenvalue weighted by Gasteiger charge is 2.53. The maximum Gasteiger partial charge on any atom is 0.246 e. The summed E-state index contributed by atoms with van der Waals surface area (Å²) in [5, 5.41) is 29.5. The van der Waals surface area contributed by atoms with E-state index >= 15 is 0 Å². The molecule has 1 aliphatic heterocycles. The first-order valence-corrected chi connectivity index (χ1v) is 7.05. The third-order valence-electron chi connectivity index (χ3n) is 4.27. The van der Waals surface area contributed by atoms with Crippen molar-refractivity contribution in [1.29, 1.82) is 0 Å². The Morgan fingerprint density at radius 1 is 1.43 bits per heavy atom. The molecule has 23 heavy (non-hydrogen) atoms. The normalized spacial score (nSPS) is 30.9. The predicted molar refractivity (Wildman–Crippen MR) is 78.5 cm³/mol. The summed E-state index contributed by atoms with van der Waals surface area (Å²) in [6.45, 7) is 0.929. The quantitative estimate of drug-likeness (QED) is 0.536. The van der Waals surface area contributed by atoms with Crippen LogP contribution in [0.15, 0.2) is 6.33 Å². The van der Waals surface area contributed by atoms with E-state index < -0.39 is 23.9 Å². The highest BCUT2D eigenvalue weighted by atomic mass is 16.5. The molecule has 1 fully saturated rings. The van der Waals surface area contributed by atoms with Gasteiger partial charge in [-0.2, -0.15) is 9.97 Å². The van der Waals surface area contributed by atoms with E-state index in [1.54, 1.807) is 11.5 Å². The van der Waals surface area contributed by atoms with Gasteiger partial charge in [-0.15, -0.1) is 0 Å². The minimum absolute atomic E-state index is 0.000875. The Labute approximate surface area is 131 Å². The minimum Gasteiger partial charge on any atom is -0.479 e. The molecule has 2 aromatic rings. The molecule has 0 aliphatic carbocycles. The number of fused-ring (bicyclic) bond motifs is 1. The number of ether oxygens (including phenoxy) is 2. The summed E-state index contributed by atoms with van der Waals surface area (Å²) in [5.74, 6) is 0.216. The molecule has 1 saturated heterocycles. The second kappa shape index (κ2) is 5.57. The van der Waals surface area contributed by atoms with Gasteiger partial charge in [0, 0.05) is 0 Å². The Bertz CT molecular complexity index is 722. The number of imidazole rings is 1. The Hall–Kier alpha value is -2.01. The Morgan fingerprint density at radius 3 is 2.78 bits per heavy atom. The van der Waals surface area contributed by atoms with E-state index in [1.165, 1.54) is 13.4 Å². The molecule has 10 nitrogen and oxygen atoms in total. The molecule has 5 N–H and O–H groups in total. The van der Waals surface area contributed by atoms with Crippen LogP contribution in [0.1, 0.15) is 13.2 Å². The molecule has 0 amide bonds. The number of hydrogen-bond acceptors (Lipinski definition) is 9. The SMILES string of the molecule is COc1nc(N)nc2c1ncn2[C@@H]1O[C@H](CO)C(O)[C@]1(C)CO. The Kier molecular flexibility index (Phi) is 3.84. The average Bonchev–Trinajstić information content (AvgIpc) is 3.07. The van der Waals surface area contributed by atoms with Gasteiger partial charge in [-0.3, -0.25) is 4.57 Å². The molecule has 2 aromatic heterocycles. The van der Waals surface area contributed by atoms with Crippen LogP contribution in [0, 0.1) is 5.41 Å². The first-order chi connectivity index (χ1) is 11.0. The third kappa shape index (κ3) is 2.22. The van der Waals surface area contributed by atoms with Gasteiger partial charge in [0.1, 0.15) is 12.3 Å². The van der Waals surface area contributed by atoms with Crippen molar-refractivity contribution in [3.63, 3.8) is 0 Å². The van der Waals surface area contributed by atoms with Crippen LogP contribution >= 0.6 is 0 Å². The molecule has 1 aliphatic rings. The lowest BCUT2D eigenvalue weighted by Crippen LogP contribution is -2.41. The first kappa shape index (κ1) is 15.9. The maximum atomic E-state index is 10.3. The van der Waals surface area contributed by atoms with Gasteiger partial charge >= 0.3 is 0 Å². The average molecular weight is 325 g/mol. The summed E-state index contributed by atoms with van der Waals surface area (Å²) in [6, 6.07) is 0. The van der Waals surface area contributed by atoms with Gasteiger partial charge in [-0.1, -0.05) is 6.92 Å². The number of aliphatic hydroxyl groups excluding tert-OH is 3. The zero-order chi connectivity index (χ0) is 16.8. The Balaban J connectivity index is 2.14. The third-order valence-corrected chi connectivity index (χ3v) is 4.27. The maximum absolute atomic E-state index is 10.3. The predicted octanol–water partition coefficient (Wildman–Crippen LogP) is -1.33. The molecular weight excluding hydrogens is 306 g/mol. The van der Waals surface area contributed by atoms with Gasteiger partial charge < -0.3 is 30.5 Å². The lowest BCUT2D eigenvalue weighted by atomic mass is 9.83. The van der Waals surface area contributed by atoms with Crippen molar-refractivity contribution in [1.82, 2.24) is 19.5 Å². The number of anilines is 1. The summed E-state index contributed by atoms with van der Waals surface area (Å²) in [6.07, 6.45) is -1.22. The summed E-state index contributed by atoms with van der Waals surface area (Å²) in [7, 11) is 1.44. The molecule has 3 heterocycles. The number of methoxy groups -OCH3 is 1. The standard InChI is InChI=1S/C13H19N5O5/c1-13(4-20)8(21)6(3-19)23-11(13)18-5-15-7-9(18)16-12(14)17-10(7)22-2/h5-6,8,11,19-21H,3-4H2,1-2H3,(H2,14,16,17)/t6-,8?,11-,13+/m1/s1. The molecule has 3 rings (SSSR count). The lowest BCUT2D eigenvalue weighted by Gasteiger charge is -2.31. The monoisotopic (exact) mass is 325 g/mol. The molecule has 0 aromatic carbocycles. The van der Waals surface area contributed by atoms with E-state index in [9.17, 15) is 15.3 Å². The number of rotatable bonds is 4. The van der Waals surface area contributed by atoms with Crippen LogP contribution < -0.4 is 10.5 Å². The van der Waals surface area contributed by atoms with E-state index in [0.29, 0.717) is 11.2 Å². The molecule has 1 unspecified atom stereocenters. The number of aliphatic hydroxyl groups is 3. The van der Waals surface area contributed by atoms with Crippen LogP contribution in [-0.2, 0) is 4.74 Å². The lowest BCUT2D eigenvalue weighted by molar-refractivity contribution is -0.0595. The summed E-state index contributed by atoms with van der Waals surface area (Å²) in [4.78, 5) is 12.3. The minimum atomic E-state index is -1.05. The fourth-order valence-corrected chi connectivity index (χ4v) is 2.88. The van der Waals surface area contributed by atoms with Crippen LogP contribution in [0.4, 0.5) is 5.95 Å². The molecule has 0 bridgehead atoms. The van der Waals surface area contributed by atoms with Crippen LogP contribution in [0.5, 0.6) is 5.88 Å². The highest BCUT2D eigenvalue weighted by molar-refractivity contribution is 5.77.